The van der Waals surface area contributed by atoms with E-state index in [1.807, 2.05) is 6.92 Å². The maximum absolute atomic E-state index is 11.7. The van der Waals surface area contributed by atoms with Crippen LogP contribution in [0.2, 0.25) is 0 Å². The van der Waals surface area contributed by atoms with Gasteiger partial charge in [0.25, 0.3) is 0 Å². The van der Waals surface area contributed by atoms with Gasteiger partial charge in [-0.3, -0.25) is 10.1 Å². The Kier molecular flexibility index (Phi) is 9.68. The average Bonchev–Trinajstić information content (AvgIpc) is 2.91. The van der Waals surface area contributed by atoms with E-state index in [0.29, 0.717) is 26.4 Å². The van der Waals surface area contributed by atoms with Gasteiger partial charge in [-0.15, -0.1) is 0 Å². The molecule has 1 rings (SSSR count). The molecule has 1 aliphatic rings. The van der Waals surface area contributed by atoms with Gasteiger partial charge in [-0.05, 0) is 13.3 Å². The molecule has 1 heterocycles. The summed E-state index contributed by atoms with van der Waals surface area (Å²) in [5, 5.41) is 3.19. The molecule has 1 aliphatic heterocycles. The fourth-order valence-corrected chi connectivity index (χ4v) is 2.54. The van der Waals surface area contributed by atoms with Crippen molar-refractivity contribution in [1.29, 1.82) is 0 Å². The number of hydrogen-bond acceptors (Lipinski definition) is 4. The van der Waals surface area contributed by atoms with E-state index in [2.05, 4.69) is 12.2 Å². The van der Waals surface area contributed by atoms with Crippen molar-refractivity contribution in [3.63, 3.8) is 0 Å². The number of unbranched alkanes of at least 4 members (excludes halogenated alkanes) is 8. The topological polar surface area (TPSA) is 47.6 Å². The molecule has 4 nitrogen and oxygen atoms in total. The van der Waals surface area contributed by atoms with Crippen molar-refractivity contribution >= 4 is 5.97 Å². The summed E-state index contributed by atoms with van der Waals surface area (Å²) in [6.07, 6.45) is 11.9. The van der Waals surface area contributed by atoms with Gasteiger partial charge in [0.1, 0.15) is 6.61 Å². The van der Waals surface area contributed by atoms with Crippen molar-refractivity contribution in [3.8, 4) is 0 Å². The van der Waals surface area contributed by atoms with Gasteiger partial charge in [0.15, 0.2) is 0 Å². The second-order valence-electron chi connectivity index (χ2n) is 6.47. The van der Waals surface area contributed by atoms with E-state index < -0.39 is 0 Å². The molecule has 124 valence electrons. The van der Waals surface area contributed by atoms with E-state index in [0.717, 1.165) is 12.8 Å². The molecule has 1 saturated heterocycles. The monoisotopic (exact) mass is 299 g/mol. The van der Waals surface area contributed by atoms with E-state index in [1.165, 1.54) is 44.9 Å². The van der Waals surface area contributed by atoms with Crippen molar-refractivity contribution in [2.45, 2.75) is 83.6 Å². The lowest BCUT2D eigenvalue weighted by Gasteiger charge is -2.21. The van der Waals surface area contributed by atoms with Crippen molar-refractivity contribution in [2.24, 2.45) is 0 Å². The van der Waals surface area contributed by atoms with E-state index in [4.69, 9.17) is 9.47 Å². The summed E-state index contributed by atoms with van der Waals surface area (Å²) in [5.41, 5.74) is -0.200. The van der Waals surface area contributed by atoms with Crippen LogP contribution < -0.4 is 5.32 Å². The molecule has 1 fully saturated rings. The van der Waals surface area contributed by atoms with Crippen LogP contribution in [0.1, 0.15) is 78.1 Å². The zero-order valence-corrected chi connectivity index (χ0v) is 13.9. The third kappa shape index (κ3) is 9.10. The molecule has 0 bridgehead atoms. The second-order valence-corrected chi connectivity index (χ2v) is 6.47. The Bertz CT molecular complexity index is 275. The van der Waals surface area contributed by atoms with Gasteiger partial charge >= 0.3 is 5.97 Å². The molecule has 0 aromatic carbocycles. The number of carbonyl (C=O) groups is 1. The first-order valence-corrected chi connectivity index (χ1v) is 8.65. The van der Waals surface area contributed by atoms with Gasteiger partial charge in [-0.1, -0.05) is 58.3 Å². The molecule has 0 aromatic heterocycles. The van der Waals surface area contributed by atoms with E-state index in [1.54, 1.807) is 0 Å². The highest BCUT2D eigenvalue weighted by Crippen LogP contribution is 2.13. The minimum atomic E-state index is -0.200. The first kappa shape index (κ1) is 18.4. The summed E-state index contributed by atoms with van der Waals surface area (Å²) in [7, 11) is 0. The molecular formula is C17H33NO3. The Morgan fingerprint density at radius 1 is 1.10 bits per heavy atom. The van der Waals surface area contributed by atoms with Crippen LogP contribution >= 0.6 is 0 Å². The minimum absolute atomic E-state index is 0.0760. The van der Waals surface area contributed by atoms with Crippen molar-refractivity contribution in [3.05, 3.63) is 0 Å². The number of carbonyl (C=O) groups excluding carboxylic acids is 1. The summed E-state index contributed by atoms with van der Waals surface area (Å²) in [6, 6.07) is 0. The van der Waals surface area contributed by atoms with Crippen LogP contribution in [0.15, 0.2) is 0 Å². The molecule has 1 unspecified atom stereocenters. The Morgan fingerprint density at radius 2 is 1.71 bits per heavy atom. The van der Waals surface area contributed by atoms with Crippen LogP contribution in [0.5, 0.6) is 0 Å². The van der Waals surface area contributed by atoms with Crippen LogP contribution in [0.3, 0.4) is 0 Å². The standard InChI is InChI=1S/C17H33NO3/c1-3-4-5-6-7-8-9-10-11-12-16(19)21-14-17(2)13-20-15-18-17/h18H,3-15H2,1-2H3. The van der Waals surface area contributed by atoms with Crippen molar-refractivity contribution in [2.75, 3.05) is 19.9 Å². The third-order valence-corrected chi connectivity index (χ3v) is 4.06. The lowest BCUT2D eigenvalue weighted by molar-refractivity contribution is -0.145. The lowest BCUT2D eigenvalue weighted by Crippen LogP contribution is -2.44. The van der Waals surface area contributed by atoms with Crippen LogP contribution in [0.4, 0.5) is 0 Å². The summed E-state index contributed by atoms with van der Waals surface area (Å²) in [6.45, 7) is 5.83. The Hall–Kier alpha value is -0.610. The number of ether oxygens (including phenoxy) is 2. The van der Waals surface area contributed by atoms with Crippen molar-refractivity contribution in [1.82, 2.24) is 5.32 Å². The van der Waals surface area contributed by atoms with Gasteiger partial charge in [-0.25, -0.2) is 0 Å². The third-order valence-electron chi connectivity index (χ3n) is 4.06. The molecule has 0 aromatic rings. The number of hydrogen-bond donors (Lipinski definition) is 1. The first-order chi connectivity index (χ1) is 10.2. The number of esters is 1. The average molecular weight is 299 g/mol. The largest absolute Gasteiger partial charge is 0.464 e. The Labute approximate surface area is 130 Å². The van der Waals surface area contributed by atoms with Crippen LogP contribution in [0, 0.1) is 0 Å². The fourth-order valence-electron chi connectivity index (χ4n) is 2.54. The van der Waals surface area contributed by atoms with Crippen LogP contribution in [-0.2, 0) is 14.3 Å². The molecule has 0 aliphatic carbocycles. The normalized spacial score (nSPS) is 21.6. The molecular weight excluding hydrogens is 266 g/mol. The molecule has 21 heavy (non-hydrogen) atoms. The smallest absolute Gasteiger partial charge is 0.305 e. The molecule has 0 saturated carbocycles. The van der Waals surface area contributed by atoms with Gasteiger partial charge in [0.2, 0.25) is 0 Å². The number of nitrogens with one attached hydrogen (secondary N) is 1. The molecule has 1 atom stereocenters. The summed E-state index contributed by atoms with van der Waals surface area (Å²) in [5.74, 6) is -0.0760. The molecule has 4 heteroatoms. The second kappa shape index (κ2) is 11.0. The summed E-state index contributed by atoms with van der Waals surface area (Å²) >= 11 is 0. The van der Waals surface area contributed by atoms with Crippen molar-refractivity contribution < 1.29 is 14.3 Å². The Morgan fingerprint density at radius 3 is 2.29 bits per heavy atom. The van der Waals surface area contributed by atoms with Gasteiger partial charge in [0, 0.05) is 6.42 Å². The molecule has 0 radical (unpaired) electrons. The zero-order chi connectivity index (χ0) is 15.4. The highest BCUT2D eigenvalue weighted by atomic mass is 16.5. The van der Waals surface area contributed by atoms with Gasteiger partial charge in [-0.2, -0.15) is 0 Å². The fraction of sp³-hybridized carbons (Fsp3) is 0.941. The number of rotatable bonds is 12. The van der Waals surface area contributed by atoms with E-state index in [9.17, 15) is 4.79 Å². The predicted octanol–water partition coefficient (Wildman–Crippen LogP) is 3.79. The molecule has 0 spiro atoms. The highest BCUT2D eigenvalue weighted by molar-refractivity contribution is 5.69. The van der Waals surface area contributed by atoms with Crippen LogP contribution in [-0.4, -0.2) is 31.5 Å². The molecule has 1 N–H and O–H groups in total. The quantitative estimate of drug-likeness (QED) is 0.440. The highest BCUT2D eigenvalue weighted by Gasteiger charge is 2.30. The van der Waals surface area contributed by atoms with Gasteiger partial charge < -0.3 is 9.47 Å². The van der Waals surface area contributed by atoms with E-state index >= 15 is 0 Å². The Balaban J connectivity index is 1.87. The van der Waals surface area contributed by atoms with Crippen LogP contribution in [0.25, 0.3) is 0 Å². The molecule has 0 amide bonds. The summed E-state index contributed by atoms with van der Waals surface area (Å²) < 4.78 is 10.6. The van der Waals surface area contributed by atoms with E-state index in [-0.39, 0.29) is 11.5 Å². The zero-order valence-electron chi connectivity index (χ0n) is 13.9. The minimum Gasteiger partial charge on any atom is -0.464 e. The predicted molar refractivity (Wildman–Crippen MR) is 85.2 cm³/mol. The maximum Gasteiger partial charge on any atom is 0.305 e. The summed E-state index contributed by atoms with van der Waals surface area (Å²) in [4.78, 5) is 11.7. The SMILES string of the molecule is CCCCCCCCCCCC(=O)OCC1(C)COCN1. The van der Waals surface area contributed by atoms with Gasteiger partial charge in [0.05, 0.1) is 18.9 Å². The first-order valence-electron chi connectivity index (χ1n) is 8.65. The maximum atomic E-state index is 11.7. The lowest BCUT2D eigenvalue weighted by atomic mass is 10.1.